The molecule has 3 heterocycles. The number of pyridine rings is 1. The Morgan fingerprint density at radius 3 is 2.49 bits per heavy atom. The molecule has 1 aromatic heterocycles. The minimum Gasteiger partial charge on any atom is -0.480 e. The van der Waals surface area contributed by atoms with E-state index in [1.807, 2.05) is 30.3 Å². The molecule has 2 aliphatic rings. The van der Waals surface area contributed by atoms with Crippen molar-refractivity contribution in [3.8, 4) is 18.2 Å². The second kappa shape index (κ2) is 9.99. The van der Waals surface area contributed by atoms with Gasteiger partial charge in [-0.15, -0.1) is 0 Å². The molecule has 1 aromatic carbocycles. The number of ether oxygens (including phenoxy) is 2. The van der Waals surface area contributed by atoms with Crippen molar-refractivity contribution in [1.29, 1.82) is 15.8 Å². The molecule has 8 nitrogen and oxygen atoms in total. The normalized spacial score (nSPS) is 17.7. The number of nitriles is 3. The van der Waals surface area contributed by atoms with Crippen LogP contribution in [0.1, 0.15) is 19.4 Å². The van der Waals surface area contributed by atoms with E-state index in [-0.39, 0.29) is 22.5 Å². The third-order valence-electron chi connectivity index (χ3n) is 6.27. The van der Waals surface area contributed by atoms with Crippen LogP contribution in [0.3, 0.4) is 0 Å². The summed E-state index contributed by atoms with van der Waals surface area (Å²) in [6.45, 7) is 7.87. The van der Waals surface area contributed by atoms with Gasteiger partial charge in [-0.3, -0.25) is 9.69 Å². The summed E-state index contributed by atoms with van der Waals surface area (Å²) in [6.07, 6.45) is 3.36. The summed E-state index contributed by atoms with van der Waals surface area (Å²) in [7, 11) is 0. The largest absolute Gasteiger partial charge is 0.480 e. The predicted octanol–water partition coefficient (Wildman–Crippen LogP) is 3.28. The molecule has 1 saturated heterocycles. The Morgan fingerprint density at radius 2 is 1.80 bits per heavy atom. The molecule has 0 N–H and O–H groups in total. The first-order valence-electron chi connectivity index (χ1n) is 11.4. The third-order valence-corrected chi connectivity index (χ3v) is 6.27. The molecule has 0 aliphatic carbocycles. The number of hydrogen-bond acceptors (Lipinski definition) is 7. The molecule has 0 atom stereocenters. The maximum absolute atomic E-state index is 13.5. The molecule has 0 amide bonds. The molecule has 176 valence electrons. The van der Waals surface area contributed by atoms with Gasteiger partial charge in [0.2, 0.25) is 0 Å². The quantitative estimate of drug-likeness (QED) is 0.620. The van der Waals surface area contributed by atoms with E-state index >= 15 is 0 Å². The molecule has 8 heteroatoms. The summed E-state index contributed by atoms with van der Waals surface area (Å²) in [4.78, 5) is 15.8. The highest BCUT2D eigenvalue weighted by Gasteiger charge is 2.38. The van der Waals surface area contributed by atoms with Crippen LogP contribution < -0.4 is 5.56 Å². The average Bonchev–Trinajstić information content (AvgIpc) is 3.12. The van der Waals surface area contributed by atoms with E-state index < -0.39 is 5.60 Å². The highest BCUT2D eigenvalue weighted by Crippen LogP contribution is 2.40. The minimum atomic E-state index is -0.942. The van der Waals surface area contributed by atoms with E-state index in [0.29, 0.717) is 30.9 Å². The van der Waals surface area contributed by atoms with E-state index in [0.717, 1.165) is 30.5 Å². The van der Waals surface area contributed by atoms with Gasteiger partial charge >= 0.3 is 0 Å². The molecular weight excluding hydrogens is 442 g/mol. The second-order valence-corrected chi connectivity index (χ2v) is 8.84. The summed E-state index contributed by atoms with van der Waals surface area (Å²) < 4.78 is 13.0. The third kappa shape index (κ3) is 4.74. The second-order valence-electron chi connectivity index (χ2n) is 8.84. The van der Waals surface area contributed by atoms with Crippen LogP contribution in [0.4, 0.5) is 0 Å². The van der Waals surface area contributed by atoms with Crippen LogP contribution in [0.2, 0.25) is 0 Å². The highest BCUT2D eigenvalue weighted by molar-refractivity contribution is 5.81. The van der Waals surface area contributed by atoms with Gasteiger partial charge in [-0.25, -0.2) is 0 Å². The van der Waals surface area contributed by atoms with Crippen molar-refractivity contribution < 1.29 is 9.47 Å². The maximum atomic E-state index is 13.5. The first kappa shape index (κ1) is 24.0. The average molecular weight is 468 g/mol. The van der Waals surface area contributed by atoms with E-state index in [9.17, 15) is 20.6 Å². The fourth-order valence-electron chi connectivity index (χ4n) is 4.41. The maximum Gasteiger partial charge on any atom is 0.258 e. The molecule has 2 aromatic rings. The number of benzene rings is 1. The molecule has 1 fully saturated rings. The number of fused-ring (bicyclic) bond motifs is 1. The van der Waals surface area contributed by atoms with Crippen molar-refractivity contribution >= 4 is 17.0 Å². The molecule has 0 saturated carbocycles. The Hall–Kier alpha value is -4.16. The molecular formula is C27H25N5O3. The SMILES string of the molecule is CC1(C)OC(=C(C#N)C#N)C(C#N)=C1/C=C/c1cc2ccccc2n(CCN2CCOCC2)c1=O. The Labute approximate surface area is 203 Å². The van der Waals surface area contributed by atoms with Crippen LogP contribution in [0.15, 0.2) is 63.7 Å². The van der Waals surface area contributed by atoms with E-state index in [1.165, 1.54) is 0 Å². The van der Waals surface area contributed by atoms with Crippen LogP contribution in [-0.2, 0) is 16.0 Å². The first-order chi connectivity index (χ1) is 16.9. The number of nitrogens with zero attached hydrogens (tertiary/aromatic N) is 5. The number of morpholine rings is 1. The number of rotatable bonds is 5. The van der Waals surface area contributed by atoms with Crippen LogP contribution in [-0.4, -0.2) is 47.9 Å². The van der Waals surface area contributed by atoms with Gasteiger partial charge in [0.15, 0.2) is 11.3 Å². The molecule has 2 aliphatic heterocycles. The molecule has 0 radical (unpaired) electrons. The summed E-state index contributed by atoms with van der Waals surface area (Å²) in [5.41, 5.74) is 0.640. The van der Waals surface area contributed by atoms with Gasteiger partial charge in [-0.1, -0.05) is 24.3 Å². The van der Waals surface area contributed by atoms with Crippen molar-refractivity contribution in [2.24, 2.45) is 0 Å². The first-order valence-corrected chi connectivity index (χ1v) is 11.4. The van der Waals surface area contributed by atoms with Crippen LogP contribution in [0.5, 0.6) is 0 Å². The van der Waals surface area contributed by atoms with Gasteiger partial charge < -0.3 is 14.0 Å². The Kier molecular flexibility index (Phi) is 6.85. The summed E-state index contributed by atoms with van der Waals surface area (Å²) in [5.74, 6) is -0.0245. The lowest BCUT2D eigenvalue weighted by atomic mass is 9.94. The highest BCUT2D eigenvalue weighted by atomic mass is 16.5. The Bertz CT molecular complexity index is 1420. The monoisotopic (exact) mass is 467 g/mol. The molecule has 35 heavy (non-hydrogen) atoms. The number of allylic oxidation sites excluding steroid dienone is 2. The van der Waals surface area contributed by atoms with E-state index in [4.69, 9.17) is 9.47 Å². The summed E-state index contributed by atoms with van der Waals surface area (Å²) >= 11 is 0. The number of aromatic nitrogens is 1. The van der Waals surface area contributed by atoms with E-state index in [1.54, 1.807) is 42.7 Å². The van der Waals surface area contributed by atoms with Gasteiger partial charge in [0, 0.05) is 37.3 Å². The molecule has 0 bridgehead atoms. The number of hydrogen-bond donors (Lipinski definition) is 0. The zero-order valence-corrected chi connectivity index (χ0v) is 19.7. The van der Waals surface area contributed by atoms with Crippen molar-refractivity contribution in [2.45, 2.75) is 26.0 Å². The van der Waals surface area contributed by atoms with Gasteiger partial charge in [-0.2, -0.15) is 15.8 Å². The predicted molar refractivity (Wildman–Crippen MR) is 131 cm³/mol. The zero-order chi connectivity index (χ0) is 25.0. The standard InChI is InChI=1S/C27H25N5O3/c1-27(2)23(22(18-30)25(35-27)21(16-28)17-29)8-7-20-15-19-5-3-4-6-24(19)32(26(20)33)10-9-31-11-13-34-14-12-31/h3-8,15H,9-14H2,1-2H3/b8-7+. The lowest BCUT2D eigenvalue weighted by Crippen LogP contribution is -2.39. The summed E-state index contributed by atoms with van der Waals surface area (Å²) in [6, 6.07) is 15.2. The van der Waals surface area contributed by atoms with Gasteiger partial charge in [-0.05, 0) is 37.4 Å². The van der Waals surface area contributed by atoms with Crippen LogP contribution >= 0.6 is 0 Å². The Balaban J connectivity index is 1.76. The van der Waals surface area contributed by atoms with E-state index in [2.05, 4.69) is 11.0 Å². The van der Waals surface area contributed by atoms with Crippen molar-refractivity contribution in [3.63, 3.8) is 0 Å². The van der Waals surface area contributed by atoms with Gasteiger partial charge in [0.05, 0.1) is 18.7 Å². The van der Waals surface area contributed by atoms with Gasteiger partial charge in [0.25, 0.3) is 5.56 Å². The number of para-hydroxylation sites is 1. The Morgan fingerprint density at radius 1 is 1.09 bits per heavy atom. The minimum absolute atomic E-state index is 0.0245. The molecule has 0 unspecified atom stereocenters. The summed E-state index contributed by atoms with van der Waals surface area (Å²) in [5, 5.41) is 29.2. The van der Waals surface area contributed by atoms with Crippen LogP contribution in [0, 0.1) is 34.0 Å². The smallest absolute Gasteiger partial charge is 0.258 e. The fraction of sp³-hybridized carbons (Fsp3) is 0.333. The lowest BCUT2D eigenvalue weighted by molar-refractivity contribution is 0.0364. The van der Waals surface area contributed by atoms with Crippen molar-refractivity contribution in [2.75, 3.05) is 32.8 Å². The fourth-order valence-corrected chi connectivity index (χ4v) is 4.41. The molecule has 4 rings (SSSR count). The zero-order valence-electron chi connectivity index (χ0n) is 19.7. The lowest BCUT2D eigenvalue weighted by Gasteiger charge is -2.27. The van der Waals surface area contributed by atoms with Gasteiger partial charge in [0.1, 0.15) is 29.4 Å². The van der Waals surface area contributed by atoms with Crippen molar-refractivity contribution in [3.05, 3.63) is 74.8 Å². The topological polar surface area (TPSA) is 115 Å². The van der Waals surface area contributed by atoms with Crippen molar-refractivity contribution in [1.82, 2.24) is 9.47 Å². The molecule has 0 spiro atoms. The van der Waals surface area contributed by atoms with Crippen LogP contribution in [0.25, 0.3) is 17.0 Å².